The van der Waals surface area contributed by atoms with Crippen LogP contribution >= 0.6 is 15.9 Å². The van der Waals surface area contributed by atoms with Gasteiger partial charge in [-0.25, -0.2) is 0 Å². The molecule has 0 aromatic heterocycles. The van der Waals surface area contributed by atoms with Gasteiger partial charge in [0, 0.05) is 42.3 Å². The third kappa shape index (κ3) is 3.35. The number of halogens is 1. The van der Waals surface area contributed by atoms with Crippen LogP contribution in [-0.4, -0.2) is 36.2 Å². The number of aryl methyl sites for hydroxylation is 1. The summed E-state index contributed by atoms with van der Waals surface area (Å²) in [6.45, 7) is 12.8. The fourth-order valence-corrected chi connectivity index (χ4v) is 3.71. The monoisotopic (exact) mass is 340 g/mol. The first kappa shape index (κ1) is 15.8. The molecule has 1 aromatic rings. The average molecular weight is 341 g/mol. The van der Waals surface area contributed by atoms with E-state index in [0.29, 0.717) is 5.75 Å². The van der Waals surface area contributed by atoms with Crippen molar-refractivity contribution in [3.8, 4) is 5.75 Å². The molecule has 1 saturated heterocycles. The molecule has 0 aliphatic carbocycles. The zero-order chi connectivity index (χ0) is 14.9. The molecule has 1 heterocycles. The lowest BCUT2D eigenvalue weighted by Gasteiger charge is -2.43. The predicted octanol–water partition coefficient (Wildman–Crippen LogP) is 3.46. The lowest BCUT2D eigenvalue weighted by molar-refractivity contribution is 0.0841. The third-order valence-electron chi connectivity index (χ3n) is 3.93. The van der Waals surface area contributed by atoms with Crippen LogP contribution in [0, 0.1) is 12.3 Å². The maximum absolute atomic E-state index is 10.5. The van der Waals surface area contributed by atoms with Crippen molar-refractivity contribution in [1.82, 2.24) is 10.2 Å². The fourth-order valence-electron chi connectivity index (χ4n) is 3.12. The van der Waals surface area contributed by atoms with Crippen molar-refractivity contribution in [1.29, 1.82) is 0 Å². The number of phenolic OH excluding ortho intramolecular Hbond substituents is 1. The van der Waals surface area contributed by atoms with Gasteiger partial charge < -0.3 is 10.4 Å². The van der Waals surface area contributed by atoms with E-state index in [0.717, 1.165) is 41.8 Å². The number of nitrogens with one attached hydrogen (secondary N) is 1. The average Bonchev–Trinajstić information content (AvgIpc) is 2.35. The summed E-state index contributed by atoms with van der Waals surface area (Å²) in [7, 11) is 0. The van der Waals surface area contributed by atoms with Gasteiger partial charge in [0.15, 0.2) is 0 Å². The standard InChI is InChI=1S/C16H25BrN2O/c1-11-9-12(17)10-13(14(11)20)15(16(2,3)4)19-7-5-18-6-8-19/h9-10,15,18,20H,5-8H2,1-4H3/t15-/m1/s1. The highest BCUT2D eigenvalue weighted by Crippen LogP contribution is 2.43. The number of piperazine rings is 1. The van der Waals surface area contributed by atoms with Gasteiger partial charge in [0.25, 0.3) is 0 Å². The highest BCUT2D eigenvalue weighted by Gasteiger charge is 2.34. The van der Waals surface area contributed by atoms with Crippen LogP contribution in [0.5, 0.6) is 5.75 Å². The van der Waals surface area contributed by atoms with Crippen molar-refractivity contribution < 1.29 is 5.11 Å². The van der Waals surface area contributed by atoms with Crippen molar-refractivity contribution in [2.24, 2.45) is 5.41 Å². The first-order valence-corrected chi connectivity index (χ1v) is 8.04. The van der Waals surface area contributed by atoms with Crippen LogP contribution in [0.25, 0.3) is 0 Å². The summed E-state index contributed by atoms with van der Waals surface area (Å²) in [6, 6.07) is 4.26. The van der Waals surface area contributed by atoms with E-state index in [4.69, 9.17) is 0 Å². The van der Waals surface area contributed by atoms with Gasteiger partial charge in [-0.3, -0.25) is 4.90 Å². The Morgan fingerprint density at radius 2 is 1.85 bits per heavy atom. The molecule has 2 rings (SSSR count). The minimum atomic E-state index is 0.0715. The molecule has 0 saturated carbocycles. The Morgan fingerprint density at radius 3 is 2.40 bits per heavy atom. The lowest BCUT2D eigenvalue weighted by Crippen LogP contribution is -2.48. The van der Waals surface area contributed by atoms with E-state index in [-0.39, 0.29) is 11.5 Å². The van der Waals surface area contributed by atoms with Gasteiger partial charge in [-0.2, -0.15) is 0 Å². The van der Waals surface area contributed by atoms with Crippen molar-refractivity contribution in [3.63, 3.8) is 0 Å². The minimum Gasteiger partial charge on any atom is -0.507 e. The predicted molar refractivity (Wildman–Crippen MR) is 87.2 cm³/mol. The number of hydrogen-bond donors (Lipinski definition) is 2. The number of rotatable bonds is 2. The molecule has 1 fully saturated rings. The third-order valence-corrected chi connectivity index (χ3v) is 4.38. The van der Waals surface area contributed by atoms with Gasteiger partial charge in [0.1, 0.15) is 5.75 Å². The second kappa shape index (κ2) is 6.04. The van der Waals surface area contributed by atoms with Crippen molar-refractivity contribution >= 4 is 15.9 Å². The largest absolute Gasteiger partial charge is 0.507 e. The van der Waals surface area contributed by atoms with Gasteiger partial charge >= 0.3 is 0 Å². The molecule has 20 heavy (non-hydrogen) atoms. The molecule has 0 radical (unpaired) electrons. The maximum Gasteiger partial charge on any atom is 0.123 e. The Balaban J connectivity index is 2.46. The summed E-state index contributed by atoms with van der Waals surface area (Å²) >= 11 is 3.56. The minimum absolute atomic E-state index is 0.0715. The summed E-state index contributed by atoms with van der Waals surface area (Å²) in [5, 5.41) is 13.9. The number of benzene rings is 1. The quantitative estimate of drug-likeness (QED) is 0.865. The second-order valence-electron chi connectivity index (χ2n) is 6.72. The normalized spacial score (nSPS) is 19.1. The lowest BCUT2D eigenvalue weighted by atomic mass is 9.80. The van der Waals surface area contributed by atoms with Crippen LogP contribution < -0.4 is 5.32 Å². The summed E-state index contributed by atoms with van der Waals surface area (Å²) < 4.78 is 1.03. The van der Waals surface area contributed by atoms with Crippen LogP contribution in [-0.2, 0) is 0 Å². The van der Waals surface area contributed by atoms with E-state index in [1.807, 2.05) is 13.0 Å². The van der Waals surface area contributed by atoms with Crippen molar-refractivity contribution in [2.45, 2.75) is 33.7 Å². The van der Waals surface area contributed by atoms with Gasteiger partial charge in [-0.1, -0.05) is 36.7 Å². The van der Waals surface area contributed by atoms with E-state index in [2.05, 4.69) is 53.0 Å². The molecule has 1 atom stereocenters. The van der Waals surface area contributed by atoms with Crippen LogP contribution in [0.15, 0.2) is 16.6 Å². The molecule has 2 N–H and O–H groups in total. The zero-order valence-electron chi connectivity index (χ0n) is 12.8. The highest BCUT2D eigenvalue weighted by atomic mass is 79.9. The van der Waals surface area contributed by atoms with Gasteiger partial charge in [0.05, 0.1) is 0 Å². The summed E-state index contributed by atoms with van der Waals surface area (Å²) in [6.07, 6.45) is 0. The van der Waals surface area contributed by atoms with Crippen LogP contribution in [0.2, 0.25) is 0 Å². The Kier molecular flexibility index (Phi) is 4.77. The van der Waals surface area contributed by atoms with Crippen molar-refractivity contribution in [2.75, 3.05) is 26.2 Å². The zero-order valence-corrected chi connectivity index (χ0v) is 14.4. The molecule has 0 amide bonds. The molecule has 3 nitrogen and oxygen atoms in total. The molecular formula is C16H25BrN2O. The summed E-state index contributed by atoms with van der Waals surface area (Å²) in [5.41, 5.74) is 2.03. The Morgan fingerprint density at radius 1 is 1.25 bits per heavy atom. The maximum atomic E-state index is 10.5. The molecule has 0 unspecified atom stereocenters. The molecular weight excluding hydrogens is 316 g/mol. The smallest absolute Gasteiger partial charge is 0.123 e. The number of nitrogens with zero attached hydrogens (tertiary/aromatic N) is 1. The first-order chi connectivity index (χ1) is 9.30. The van der Waals surface area contributed by atoms with Gasteiger partial charge in [0.2, 0.25) is 0 Å². The Labute approximate surface area is 130 Å². The van der Waals surface area contributed by atoms with Crippen LogP contribution in [0.1, 0.15) is 37.9 Å². The summed E-state index contributed by atoms with van der Waals surface area (Å²) in [4.78, 5) is 2.48. The van der Waals surface area contributed by atoms with E-state index in [1.165, 1.54) is 0 Å². The number of hydrogen-bond acceptors (Lipinski definition) is 3. The van der Waals surface area contributed by atoms with E-state index < -0.39 is 0 Å². The number of aromatic hydroxyl groups is 1. The molecule has 1 aliphatic rings. The summed E-state index contributed by atoms with van der Waals surface area (Å²) in [5.74, 6) is 0.437. The molecule has 112 valence electrons. The Bertz CT molecular complexity index is 476. The SMILES string of the molecule is Cc1cc(Br)cc([C@@H](N2CCNCC2)C(C)(C)C)c1O. The van der Waals surface area contributed by atoms with E-state index in [1.54, 1.807) is 0 Å². The van der Waals surface area contributed by atoms with Gasteiger partial charge in [-0.05, 0) is 30.0 Å². The highest BCUT2D eigenvalue weighted by molar-refractivity contribution is 9.10. The first-order valence-electron chi connectivity index (χ1n) is 7.24. The fraction of sp³-hybridized carbons (Fsp3) is 0.625. The molecule has 0 bridgehead atoms. The molecule has 0 spiro atoms. The van der Waals surface area contributed by atoms with Crippen LogP contribution in [0.4, 0.5) is 0 Å². The molecule has 4 heteroatoms. The van der Waals surface area contributed by atoms with E-state index in [9.17, 15) is 5.11 Å². The number of phenols is 1. The van der Waals surface area contributed by atoms with E-state index >= 15 is 0 Å². The molecule has 1 aromatic carbocycles. The topological polar surface area (TPSA) is 35.5 Å². The Hall–Kier alpha value is -0.580. The second-order valence-corrected chi connectivity index (χ2v) is 7.63. The van der Waals surface area contributed by atoms with Crippen LogP contribution in [0.3, 0.4) is 0 Å². The molecule has 1 aliphatic heterocycles. The van der Waals surface area contributed by atoms with Crippen molar-refractivity contribution in [3.05, 3.63) is 27.7 Å². The van der Waals surface area contributed by atoms with Gasteiger partial charge in [-0.15, -0.1) is 0 Å².